The fourth-order valence-corrected chi connectivity index (χ4v) is 4.51. The lowest BCUT2D eigenvalue weighted by atomic mass is 10.0. The van der Waals surface area contributed by atoms with E-state index in [-0.39, 0.29) is 23.4 Å². The Morgan fingerprint density at radius 3 is 2.67 bits per heavy atom. The molecule has 1 atom stereocenters. The summed E-state index contributed by atoms with van der Waals surface area (Å²) in [5.41, 5.74) is 1.30. The van der Waals surface area contributed by atoms with E-state index in [0.717, 1.165) is 0 Å². The fraction of sp³-hybridized carbons (Fsp3) is 0.294. The van der Waals surface area contributed by atoms with Gasteiger partial charge in [-0.15, -0.1) is 0 Å². The highest BCUT2D eigenvalue weighted by molar-refractivity contribution is 7.92. The molecule has 0 fully saturated rings. The minimum atomic E-state index is -3.81. The molecule has 0 aromatic heterocycles. The van der Waals surface area contributed by atoms with Gasteiger partial charge >= 0.3 is 0 Å². The second-order valence-corrected chi connectivity index (χ2v) is 7.58. The third-order valence-electron chi connectivity index (χ3n) is 4.18. The SMILES string of the molecule is COc1ccc(S(=O)(=O)N2CCC(O)c3cc(F)ccc32)cc1C. The number of halogens is 1. The summed E-state index contributed by atoms with van der Waals surface area (Å²) in [6, 6.07) is 8.39. The van der Waals surface area contributed by atoms with Crippen molar-refractivity contribution in [3.8, 4) is 5.75 Å². The molecule has 0 saturated carbocycles. The molecule has 0 amide bonds. The van der Waals surface area contributed by atoms with E-state index in [1.165, 1.54) is 35.7 Å². The zero-order chi connectivity index (χ0) is 17.5. The molecule has 7 heteroatoms. The Labute approximate surface area is 140 Å². The van der Waals surface area contributed by atoms with E-state index in [0.29, 0.717) is 17.0 Å². The molecule has 5 nitrogen and oxygen atoms in total. The lowest BCUT2D eigenvalue weighted by molar-refractivity contribution is 0.166. The van der Waals surface area contributed by atoms with E-state index in [2.05, 4.69) is 0 Å². The Morgan fingerprint density at radius 1 is 1.25 bits per heavy atom. The molecule has 2 aromatic rings. The van der Waals surface area contributed by atoms with Gasteiger partial charge in [0.15, 0.2) is 0 Å². The number of sulfonamides is 1. The van der Waals surface area contributed by atoms with E-state index in [1.807, 2.05) is 0 Å². The quantitative estimate of drug-likeness (QED) is 0.923. The molecular formula is C17H18FNO4S. The predicted molar refractivity (Wildman–Crippen MR) is 88.2 cm³/mol. The summed E-state index contributed by atoms with van der Waals surface area (Å²) in [5.74, 6) is 0.0952. The van der Waals surface area contributed by atoms with Crippen LogP contribution >= 0.6 is 0 Å². The Hall–Kier alpha value is -2.12. The summed E-state index contributed by atoms with van der Waals surface area (Å²) in [6.07, 6.45) is -0.662. The molecule has 1 unspecified atom stereocenters. The highest BCUT2D eigenvalue weighted by Gasteiger charge is 2.33. The standard InChI is InChI=1S/C17H18FNO4S/c1-11-9-13(4-6-17(11)23-2)24(21,22)19-8-7-16(20)14-10-12(18)3-5-15(14)19/h3-6,9-10,16,20H,7-8H2,1-2H3. The van der Waals surface area contributed by atoms with Gasteiger partial charge in [0.25, 0.3) is 10.0 Å². The minimum Gasteiger partial charge on any atom is -0.496 e. The molecule has 24 heavy (non-hydrogen) atoms. The topological polar surface area (TPSA) is 66.8 Å². The molecular weight excluding hydrogens is 333 g/mol. The van der Waals surface area contributed by atoms with E-state index >= 15 is 0 Å². The van der Waals surface area contributed by atoms with Crippen molar-refractivity contribution in [2.24, 2.45) is 0 Å². The van der Waals surface area contributed by atoms with Gasteiger partial charge in [-0.2, -0.15) is 0 Å². The fourth-order valence-electron chi connectivity index (χ4n) is 2.92. The lowest BCUT2D eigenvalue weighted by Gasteiger charge is -2.33. The van der Waals surface area contributed by atoms with E-state index in [1.54, 1.807) is 19.1 Å². The smallest absolute Gasteiger partial charge is 0.264 e. The third-order valence-corrected chi connectivity index (χ3v) is 5.99. The maximum Gasteiger partial charge on any atom is 0.264 e. The first kappa shape index (κ1) is 16.7. The average Bonchev–Trinajstić information content (AvgIpc) is 2.55. The molecule has 1 aliphatic heterocycles. The van der Waals surface area contributed by atoms with Crippen molar-refractivity contribution in [3.05, 3.63) is 53.3 Å². The number of anilines is 1. The summed E-state index contributed by atoms with van der Waals surface area (Å²) >= 11 is 0. The molecule has 1 N–H and O–H groups in total. The molecule has 0 saturated heterocycles. The predicted octanol–water partition coefficient (Wildman–Crippen LogP) is 2.78. The van der Waals surface area contributed by atoms with Crippen molar-refractivity contribution in [1.29, 1.82) is 0 Å². The Kier molecular flexibility index (Phi) is 4.23. The Morgan fingerprint density at radius 2 is 2.00 bits per heavy atom. The first-order valence-corrected chi connectivity index (χ1v) is 8.93. The van der Waals surface area contributed by atoms with Gasteiger partial charge in [-0.1, -0.05) is 0 Å². The maximum absolute atomic E-state index is 13.5. The van der Waals surface area contributed by atoms with Crippen LogP contribution in [-0.2, 0) is 10.0 Å². The first-order valence-electron chi connectivity index (χ1n) is 7.49. The van der Waals surface area contributed by atoms with E-state index < -0.39 is 21.9 Å². The van der Waals surface area contributed by atoms with Gasteiger partial charge in [0, 0.05) is 12.1 Å². The second kappa shape index (κ2) is 6.07. The highest BCUT2D eigenvalue weighted by atomic mass is 32.2. The van der Waals surface area contributed by atoms with Gasteiger partial charge in [0.05, 0.1) is 23.8 Å². The van der Waals surface area contributed by atoms with Gasteiger partial charge in [0.2, 0.25) is 0 Å². The van der Waals surface area contributed by atoms with Crippen LogP contribution in [-0.4, -0.2) is 27.2 Å². The number of hydrogen-bond acceptors (Lipinski definition) is 4. The molecule has 2 aromatic carbocycles. The van der Waals surface area contributed by atoms with Crippen LogP contribution in [0.3, 0.4) is 0 Å². The van der Waals surface area contributed by atoms with Crippen molar-refractivity contribution in [1.82, 2.24) is 0 Å². The number of ether oxygens (including phenoxy) is 1. The lowest BCUT2D eigenvalue weighted by Crippen LogP contribution is -2.36. The maximum atomic E-state index is 13.5. The number of benzene rings is 2. The van der Waals surface area contributed by atoms with Crippen molar-refractivity contribution >= 4 is 15.7 Å². The van der Waals surface area contributed by atoms with Gasteiger partial charge in [-0.25, -0.2) is 12.8 Å². The number of fused-ring (bicyclic) bond motifs is 1. The van der Waals surface area contributed by atoms with Gasteiger partial charge in [-0.05, 0) is 55.3 Å². The summed E-state index contributed by atoms with van der Waals surface area (Å²) in [5, 5.41) is 10.0. The van der Waals surface area contributed by atoms with Crippen LogP contribution in [0.4, 0.5) is 10.1 Å². The van der Waals surface area contributed by atoms with Gasteiger partial charge in [-0.3, -0.25) is 4.31 Å². The van der Waals surface area contributed by atoms with Crippen molar-refractivity contribution in [3.63, 3.8) is 0 Å². The van der Waals surface area contributed by atoms with Crippen LogP contribution in [0.15, 0.2) is 41.3 Å². The number of aryl methyl sites for hydroxylation is 1. The van der Waals surface area contributed by atoms with Crippen LogP contribution in [0.25, 0.3) is 0 Å². The van der Waals surface area contributed by atoms with Crippen LogP contribution in [0.1, 0.15) is 23.7 Å². The van der Waals surface area contributed by atoms with Crippen LogP contribution in [0, 0.1) is 12.7 Å². The summed E-state index contributed by atoms with van der Waals surface area (Å²) in [7, 11) is -2.29. The van der Waals surface area contributed by atoms with Gasteiger partial charge in [0.1, 0.15) is 11.6 Å². The summed E-state index contributed by atoms with van der Waals surface area (Å²) < 4.78 is 45.8. The first-order chi connectivity index (χ1) is 11.3. The third kappa shape index (κ3) is 2.74. The number of hydrogen-bond donors (Lipinski definition) is 1. The molecule has 3 rings (SSSR count). The molecule has 0 spiro atoms. The molecule has 0 radical (unpaired) electrons. The highest BCUT2D eigenvalue weighted by Crippen LogP contribution is 2.37. The largest absolute Gasteiger partial charge is 0.496 e. The number of aliphatic hydroxyl groups is 1. The van der Waals surface area contributed by atoms with E-state index in [4.69, 9.17) is 4.74 Å². The van der Waals surface area contributed by atoms with Crippen LogP contribution in [0.5, 0.6) is 5.75 Å². The average molecular weight is 351 g/mol. The van der Waals surface area contributed by atoms with Crippen LogP contribution in [0.2, 0.25) is 0 Å². The number of nitrogens with zero attached hydrogens (tertiary/aromatic N) is 1. The molecule has 0 aliphatic carbocycles. The van der Waals surface area contributed by atoms with Crippen molar-refractivity contribution in [2.45, 2.75) is 24.3 Å². The minimum absolute atomic E-state index is 0.132. The monoisotopic (exact) mass is 351 g/mol. The zero-order valence-electron chi connectivity index (χ0n) is 13.4. The Balaban J connectivity index is 2.08. The normalized spacial score (nSPS) is 17.5. The molecule has 128 valence electrons. The van der Waals surface area contributed by atoms with E-state index in [9.17, 15) is 17.9 Å². The number of aliphatic hydroxyl groups excluding tert-OH is 1. The molecule has 1 heterocycles. The zero-order valence-corrected chi connectivity index (χ0v) is 14.2. The number of rotatable bonds is 3. The Bertz CT molecular complexity index is 882. The van der Waals surface area contributed by atoms with Crippen LogP contribution < -0.4 is 9.04 Å². The summed E-state index contributed by atoms with van der Waals surface area (Å²) in [4.78, 5) is 0.132. The van der Waals surface area contributed by atoms with Crippen molar-refractivity contribution < 1.29 is 22.7 Å². The molecule has 0 bridgehead atoms. The molecule has 1 aliphatic rings. The van der Waals surface area contributed by atoms with Gasteiger partial charge < -0.3 is 9.84 Å². The van der Waals surface area contributed by atoms with Crippen molar-refractivity contribution in [2.75, 3.05) is 18.0 Å². The summed E-state index contributed by atoms with van der Waals surface area (Å²) in [6.45, 7) is 1.90. The number of methoxy groups -OCH3 is 1. The second-order valence-electron chi connectivity index (χ2n) is 5.72.